The number of aromatic nitrogens is 1. The van der Waals surface area contributed by atoms with E-state index in [4.69, 9.17) is 16.3 Å². The molecule has 0 spiro atoms. The summed E-state index contributed by atoms with van der Waals surface area (Å²) in [6.45, 7) is 1.01. The van der Waals surface area contributed by atoms with E-state index in [-0.39, 0.29) is 22.5 Å². The van der Waals surface area contributed by atoms with Gasteiger partial charge in [-0.05, 0) is 68.0 Å². The molecule has 190 valence electrons. The largest absolute Gasteiger partial charge is 0.373 e. The summed E-state index contributed by atoms with van der Waals surface area (Å²) in [6.07, 6.45) is 4.67. The van der Waals surface area contributed by atoms with Gasteiger partial charge in [0, 0.05) is 37.7 Å². The van der Waals surface area contributed by atoms with Crippen molar-refractivity contribution in [1.82, 2.24) is 14.6 Å². The number of carbonyl (C=O) groups excluding carboxylic acids is 1. The van der Waals surface area contributed by atoms with Crippen molar-refractivity contribution < 1.29 is 22.3 Å². The highest BCUT2D eigenvalue weighted by molar-refractivity contribution is 7.89. The number of piperidine rings is 1. The lowest BCUT2D eigenvalue weighted by atomic mass is 9.95. The molecule has 0 bridgehead atoms. The molecule has 2 amide bonds. The fraction of sp³-hybridized carbons (Fsp3) is 0.500. The maximum absolute atomic E-state index is 13.5. The molecule has 1 saturated heterocycles. The third kappa shape index (κ3) is 6.91. The van der Waals surface area contributed by atoms with Gasteiger partial charge in [-0.2, -0.15) is 4.31 Å². The van der Waals surface area contributed by atoms with Crippen molar-refractivity contribution in [1.29, 1.82) is 0 Å². The molecule has 2 heterocycles. The summed E-state index contributed by atoms with van der Waals surface area (Å²) in [5.74, 6) is 0. The minimum atomic E-state index is -3.66. The minimum absolute atomic E-state index is 0.0828. The van der Waals surface area contributed by atoms with Crippen LogP contribution in [0.1, 0.15) is 37.7 Å². The summed E-state index contributed by atoms with van der Waals surface area (Å²) in [7, 11) is -3.66. The number of alkyl halides is 2. The van der Waals surface area contributed by atoms with Crippen LogP contribution < -0.4 is 10.6 Å². The summed E-state index contributed by atoms with van der Waals surface area (Å²) in [5, 5.41) is 5.08. The van der Waals surface area contributed by atoms with Crippen LogP contribution in [0.15, 0.2) is 53.7 Å². The maximum Gasteiger partial charge on any atom is 0.319 e. The van der Waals surface area contributed by atoms with E-state index in [1.54, 1.807) is 30.6 Å². The van der Waals surface area contributed by atoms with Crippen LogP contribution in [0.2, 0.25) is 0 Å². The zero-order chi connectivity index (χ0) is 24.8. The number of sulfonamides is 1. The molecule has 2 N–H and O–H groups in total. The van der Waals surface area contributed by atoms with Gasteiger partial charge in [0.05, 0.1) is 22.5 Å². The fourth-order valence-corrected chi connectivity index (χ4v) is 6.22. The minimum Gasteiger partial charge on any atom is -0.373 e. The summed E-state index contributed by atoms with van der Waals surface area (Å²) in [6, 6.07) is 9.35. The van der Waals surface area contributed by atoms with Crippen LogP contribution >= 0.6 is 11.6 Å². The second-order valence-corrected chi connectivity index (χ2v) is 11.4. The number of hydrogen-bond donors (Lipinski definition) is 2. The molecule has 2 aliphatic rings. The second kappa shape index (κ2) is 11.6. The lowest BCUT2D eigenvalue weighted by molar-refractivity contribution is -0.0538. The average molecular weight is 525 g/mol. The van der Waals surface area contributed by atoms with Gasteiger partial charge in [-0.1, -0.05) is 6.07 Å². The molecule has 4 rings (SSSR count). The van der Waals surface area contributed by atoms with Gasteiger partial charge in [-0.3, -0.25) is 4.98 Å². The normalized spacial score (nSPS) is 24.1. The van der Waals surface area contributed by atoms with Gasteiger partial charge in [-0.15, -0.1) is 11.6 Å². The Morgan fingerprint density at radius 3 is 2.54 bits per heavy atom. The van der Waals surface area contributed by atoms with Gasteiger partial charge >= 0.3 is 6.03 Å². The number of halogens is 2. The molecule has 2 aromatic rings. The number of carbonyl (C=O) groups is 1. The topological polar surface area (TPSA) is 101 Å². The van der Waals surface area contributed by atoms with E-state index in [9.17, 15) is 17.6 Å². The summed E-state index contributed by atoms with van der Waals surface area (Å²) in [4.78, 5) is 16.3. The molecule has 8 nitrogen and oxygen atoms in total. The van der Waals surface area contributed by atoms with Crippen molar-refractivity contribution >= 4 is 33.3 Å². The van der Waals surface area contributed by atoms with E-state index in [1.165, 1.54) is 16.4 Å². The van der Waals surface area contributed by atoms with Crippen molar-refractivity contribution in [2.24, 2.45) is 0 Å². The molecule has 3 unspecified atom stereocenters. The van der Waals surface area contributed by atoms with Crippen LogP contribution in [0, 0.1) is 0 Å². The van der Waals surface area contributed by atoms with Crippen molar-refractivity contribution in [3.8, 4) is 0 Å². The lowest BCUT2D eigenvalue weighted by Crippen LogP contribution is -2.43. The van der Waals surface area contributed by atoms with Gasteiger partial charge in [0.1, 0.15) is 6.17 Å². The predicted molar refractivity (Wildman–Crippen MR) is 132 cm³/mol. The Bertz CT molecular complexity index is 1080. The van der Waals surface area contributed by atoms with Crippen LogP contribution in [0.5, 0.6) is 0 Å². The number of anilines is 1. The Balaban J connectivity index is 1.26. The lowest BCUT2D eigenvalue weighted by Gasteiger charge is -2.36. The molecule has 1 aromatic carbocycles. The van der Waals surface area contributed by atoms with Gasteiger partial charge in [-0.25, -0.2) is 17.6 Å². The molecule has 1 aromatic heterocycles. The predicted octanol–water partition coefficient (Wildman–Crippen LogP) is 4.07. The molecule has 1 aliphatic heterocycles. The molecule has 1 saturated carbocycles. The van der Waals surface area contributed by atoms with E-state index in [1.807, 2.05) is 6.07 Å². The number of urea groups is 1. The molecule has 35 heavy (non-hydrogen) atoms. The average Bonchev–Trinajstić information content (AvgIpc) is 2.86. The zero-order valence-electron chi connectivity index (χ0n) is 19.3. The summed E-state index contributed by atoms with van der Waals surface area (Å²) >= 11 is 6.26. The number of nitrogens with zero attached hydrogens (tertiary/aromatic N) is 2. The first-order chi connectivity index (χ1) is 16.8. The van der Waals surface area contributed by atoms with Crippen LogP contribution in [0.25, 0.3) is 0 Å². The third-order valence-electron chi connectivity index (χ3n) is 6.34. The van der Waals surface area contributed by atoms with Crippen molar-refractivity contribution in [2.45, 2.75) is 67.3 Å². The number of hydrogen-bond acceptors (Lipinski definition) is 5. The van der Waals surface area contributed by atoms with Crippen LogP contribution in [0.4, 0.5) is 14.9 Å². The number of ether oxygens (including phenoxy) is 1. The van der Waals surface area contributed by atoms with Crippen molar-refractivity contribution in [3.05, 3.63) is 54.4 Å². The monoisotopic (exact) mass is 524 g/mol. The standard InChI is InChI=1S/C24H30ClFN4O4S/c25-22-14-18(26)3-8-23(22)34-20-9-12-30(13-10-20)35(32,33)21-6-4-19(5-7-21)29-24(31)28-16-17-2-1-11-27-15-17/h1-2,4-7,11,15,18,20,22-23H,3,8-10,12-14,16H2,(H2,28,29,31). The van der Waals surface area contributed by atoms with Gasteiger partial charge in [0.2, 0.25) is 10.0 Å². The molecule has 2 fully saturated rings. The fourth-order valence-electron chi connectivity index (χ4n) is 4.37. The van der Waals surface area contributed by atoms with E-state index < -0.39 is 22.2 Å². The quantitative estimate of drug-likeness (QED) is 0.532. The first-order valence-corrected chi connectivity index (χ1v) is 13.7. The summed E-state index contributed by atoms with van der Waals surface area (Å²) in [5.41, 5.74) is 1.35. The molecular formula is C24H30ClFN4O4S. The Kier molecular flexibility index (Phi) is 8.59. The highest BCUT2D eigenvalue weighted by atomic mass is 35.5. The Morgan fingerprint density at radius 1 is 1.14 bits per heavy atom. The van der Waals surface area contributed by atoms with E-state index in [2.05, 4.69) is 15.6 Å². The molecule has 11 heteroatoms. The van der Waals surface area contributed by atoms with Gasteiger partial charge < -0.3 is 15.4 Å². The van der Waals surface area contributed by atoms with E-state index in [0.29, 0.717) is 57.4 Å². The zero-order valence-corrected chi connectivity index (χ0v) is 20.8. The van der Waals surface area contributed by atoms with Gasteiger partial charge in [0.15, 0.2) is 0 Å². The molecular weight excluding hydrogens is 495 g/mol. The van der Waals surface area contributed by atoms with Crippen molar-refractivity contribution in [2.75, 3.05) is 18.4 Å². The maximum atomic E-state index is 13.5. The Hall–Kier alpha value is -2.27. The highest BCUT2D eigenvalue weighted by Gasteiger charge is 2.34. The number of rotatable bonds is 7. The number of pyridine rings is 1. The number of nitrogens with one attached hydrogen (secondary N) is 2. The number of amides is 2. The third-order valence-corrected chi connectivity index (χ3v) is 8.71. The first kappa shape index (κ1) is 25.8. The summed E-state index contributed by atoms with van der Waals surface area (Å²) < 4.78 is 47.2. The second-order valence-electron chi connectivity index (χ2n) is 8.90. The Labute approximate surface area is 210 Å². The first-order valence-electron chi connectivity index (χ1n) is 11.8. The van der Waals surface area contributed by atoms with Crippen LogP contribution in [-0.4, -0.2) is 60.6 Å². The van der Waals surface area contributed by atoms with Crippen LogP contribution in [0.3, 0.4) is 0 Å². The van der Waals surface area contributed by atoms with Crippen LogP contribution in [-0.2, 0) is 21.3 Å². The Morgan fingerprint density at radius 2 is 1.89 bits per heavy atom. The van der Waals surface area contributed by atoms with E-state index >= 15 is 0 Å². The van der Waals surface area contributed by atoms with E-state index in [0.717, 1.165) is 5.56 Å². The molecule has 1 aliphatic carbocycles. The van der Waals surface area contributed by atoms with Crippen molar-refractivity contribution in [3.63, 3.8) is 0 Å². The number of benzene rings is 1. The molecule has 3 atom stereocenters. The van der Waals surface area contributed by atoms with Gasteiger partial charge in [0.25, 0.3) is 0 Å². The SMILES string of the molecule is O=C(NCc1cccnc1)Nc1ccc(S(=O)(=O)N2CCC(OC3CCC(F)CC3Cl)CC2)cc1. The highest BCUT2D eigenvalue weighted by Crippen LogP contribution is 2.31. The smallest absolute Gasteiger partial charge is 0.319 e. The molecule has 0 radical (unpaired) electrons.